The zero-order chi connectivity index (χ0) is 19.3. The molecule has 8 heteroatoms. The summed E-state index contributed by atoms with van der Waals surface area (Å²) < 4.78 is 40.2. The van der Waals surface area contributed by atoms with Gasteiger partial charge in [0.25, 0.3) is 5.88 Å². The molecule has 1 unspecified atom stereocenters. The van der Waals surface area contributed by atoms with Crippen molar-refractivity contribution in [2.75, 3.05) is 4.72 Å². The molecule has 2 heterocycles. The molecule has 0 fully saturated rings. The lowest BCUT2D eigenvalue weighted by atomic mass is 10.2. The van der Waals surface area contributed by atoms with Crippen LogP contribution in [0.25, 0.3) is 11.0 Å². The first-order valence-corrected chi connectivity index (χ1v) is 10.4. The second-order valence-electron chi connectivity index (χ2n) is 5.81. The molecule has 0 radical (unpaired) electrons. The van der Waals surface area contributed by atoms with E-state index in [0.717, 1.165) is 29.2 Å². The zero-order valence-electron chi connectivity index (χ0n) is 14.5. The molecule has 5 nitrogen and oxygen atoms in total. The van der Waals surface area contributed by atoms with Gasteiger partial charge < -0.3 is 13.2 Å². The number of hydrogen-bond acceptors (Lipinski definition) is 6. The number of pyridine rings is 1. The van der Waals surface area contributed by atoms with Crippen LogP contribution in [0.4, 0.5) is 10.1 Å². The molecular weight excluding hydrogens is 399 g/mol. The quantitative estimate of drug-likeness (QED) is 0.326. The first kappa shape index (κ1) is 18.7. The van der Waals surface area contributed by atoms with Gasteiger partial charge in [-0.05, 0) is 11.6 Å². The summed E-state index contributed by atoms with van der Waals surface area (Å²) in [6, 6.07) is 20.0. The van der Waals surface area contributed by atoms with E-state index in [1.165, 1.54) is 6.07 Å². The number of halogens is 1. The molecule has 0 aliphatic heterocycles. The Morgan fingerprint density at radius 1 is 1.11 bits per heavy atom. The van der Waals surface area contributed by atoms with Crippen molar-refractivity contribution in [2.24, 2.45) is 0 Å². The molecule has 2 aromatic heterocycles. The first-order chi connectivity index (χ1) is 13.7. The molecular formula is C20H15FN2O3S2. The van der Waals surface area contributed by atoms with E-state index in [0.29, 0.717) is 11.3 Å². The number of nitrogens with one attached hydrogen (secondary N) is 1. The molecule has 0 saturated heterocycles. The summed E-state index contributed by atoms with van der Waals surface area (Å²) in [4.78, 5) is 3.95. The summed E-state index contributed by atoms with van der Waals surface area (Å²) >= 11 is -0.581. The Labute approximate surface area is 168 Å². The number of anilines is 1. The third-order valence-electron chi connectivity index (χ3n) is 3.81. The number of hydrogen-bond donors (Lipinski definition) is 1. The second-order valence-corrected chi connectivity index (χ2v) is 7.65. The van der Waals surface area contributed by atoms with Gasteiger partial charge in [0.2, 0.25) is 0 Å². The molecule has 0 amide bonds. The van der Waals surface area contributed by atoms with Gasteiger partial charge in [0, 0.05) is 17.5 Å². The van der Waals surface area contributed by atoms with Crippen LogP contribution in [-0.4, -0.2) is 9.54 Å². The van der Waals surface area contributed by atoms with Crippen molar-refractivity contribution < 1.29 is 17.5 Å². The molecule has 0 saturated carbocycles. The normalized spacial score (nSPS) is 12.1. The molecule has 0 bridgehead atoms. The van der Waals surface area contributed by atoms with Crippen LogP contribution in [0.15, 0.2) is 82.4 Å². The van der Waals surface area contributed by atoms with Crippen LogP contribution in [0.5, 0.6) is 5.88 Å². The minimum Gasteiger partial charge on any atom is -0.585 e. The Balaban J connectivity index is 1.47. The summed E-state index contributed by atoms with van der Waals surface area (Å²) in [6.07, 6.45) is 1.05. The summed E-state index contributed by atoms with van der Waals surface area (Å²) in [6.45, 7) is 0. The highest BCUT2D eigenvalue weighted by Crippen LogP contribution is 2.30. The van der Waals surface area contributed by atoms with Crippen LogP contribution in [0.2, 0.25) is 0 Å². The Hall–Kier alpha value is -2.68. The summed E-state index contributed by atoms with van der Waals surface area (Å²) in [5.74, 6) is 0.169. The minimum absolute atomic E-state index is 0.145. The maximum absolute atomic E-state index is 13.7. The fraction of sp³-hybridized carbons (Fsp3) is 0.0500. The van der Waals surface area contributed by atoms with Crippen LogP contribution in [0, 0.1) is 5.82 Å². The van der Waals surface area contributed by atoms with E-state index in [9.17, 15) is 8.94 Å². The SMILES string of the molecule is [O-][S+](Nc1cc(F)cnc1OSCc1ccccc1)c1cc2ccccc2o1. The molecule has 142 valence electrons. The lowest BCUT2D eigenvalue weighted by Crippen LogP contribution is -2.13. The van der Waals surface area contributed by atoms with Crippen molar-refractivity contribution in [3.8, 4) is 5.88 Å². The van der Waals surface area contributed by atoms with Crippen LogP contribution >= 0.6 is 12.0 Å². The van der Waals surface area contributed by atoms with Gasteiger partial charge in [0.05, 0.1) is 24.0 Å². The van der Waals surface area contributed by atoms with Crippen LogP contribution in [0.1, 0.15) is 5.56 Å². The molecule has 0 aliphatic rings. The van der Waals surface area contributed by atoms with E-state index >= 15 is 0 Å². The van der Waals surface area contributed by atoms with Gasteiger partial charge in [-0.3, -0.25) is 0 Å². The van der Waals surface area contributed by atoms with E-state index in [1.807, 2.05) is 48.5 Å². The molecule has 1 N–H and O–H groups in total. The lowest BCUT2D eigenvalue weighted by molar-refractivity contribution is 0.484. The third-order valence-corrected chi connectivity index (χ3v) is 5.51. The smallest absolute Gasteiger partial charge is 0.339 e. The number of benzene rings is 2. The van der Waals surface area contributed by atoms with Gasteiger partial charge in [-0.2, -0.15) is 4.72 Å². The number of furan rings is 1. The highest BCUT2D eigenvalue weighted by Gasteiger charge is 2.21. The van der Waals surface area contributed by atoms with Crippen molar-refractivity contribution >= 4 is 40.1 Å². The van der Waals surface area contributed by atoms with Crippen LogP contribution in [0.3, 0.4) is 0 Å². The second kappa shape index (κ2) is 8.55. The monoisotopic (exact) mass is 414 g/mol. The largest absolute Gasteiger partial charge is 0.585 e. The zero-order valence-corrected chi connectivity index (χ0v) is 16.1. The first-order valence-electron chi connectivity index (χ1n) is 8.35. The predicted molar refractivity (Wildman–Crippen MR) is 109 cm³/mol. The predicted octanol–water partition coefficient (Wildman–Crippen LogP) is 5.33. The third kappa shape index (κ3) is 4.41. The molecule has 28 heavy (non-hydrogen) atoms. The van der Waals surface area contributed by atoms with Crippen molar-refractivity contribution in [1.29, 1.82) is 0 Å². The Bertz CT molecular complexity index is 1040. The van der Waals surface area contributed by atoms with Gasteiger partial charge >= 0.3 is 5.09 Å². The maximum atomic E-state index is 13.7. The lowest BCUT2D eigenvalue weighted by Gasteiger charge is -2.12. The van der Waals surface area contributed by atoms with Gasteiger partial charge in [-0.25, -0.2) is 9.37 Å². The van der Waals surface area contributed by atoms with Crippen molar-refractivity contribution in [1.82, 2.24) is 4.98 Å². The number of aromatic nitrogens is 1. The Morgan fingerprint density at radius 2 is 1.89 bits per heavy atom. The van der Waals surface area contributed by atoms with Crippen molar-refractivity contribution in [2.45, 2.75) is 10.8 Å². The van der Waals surface area contributed by atoms with Crippen LogP contribution < -0.4 is 8.91 Å². The van der Waals surface area contributed by atoms with Crippen LogP contribution in [-0.2, 0) is 17.1 Å². The van der Waals surface area contributed by atoms with E-state index < -0.39 is 17.2 Å². The summed E-state index contributed by atoms with van der Waals surface area (Å²) in [5, 5.41) is 1.06. The summed E-state index contributed by atoms with van der Waals surface area (Å²) in [7, 11) is 0. The average molecular weight is 414 g/mol. The maximum Gasteiger partial charge on any atom is 0.339 e. The number of para-hydroxylation sites is 1. The van der Waals surface area contributed by atoms with Crippen molar-refractivity contribution in [3.63, 3.8) is 0 Å². The summed E-state index contributed by atoms with van der Waals surface area (Å²) in [5.41, 5.74) is 1.88. The molecule has 4 aromatic rings. The Kier molecular flexibility index (Phi) is 5.70. The van der Waals surface area contributed by atoms with Gasteiger partial charge in [0.1, 0.15) is 28.4 Å². The molecule has 4 rings (SSSR count). The number of rotatable bonds is 7. The van der Waals surface area contributed by atoms with Gasteiger partial charge in [-0.15, -0.1) is 0 Å². The van der Waals surface area contributed by atoms with E-state index in [-0.39, 0.29) is 16.7 Å². The number of fused-ring (bicyclic) bond motifs is 1. The van der Waals surface area contributed by atoms with E-state index in [1.54, 1.807) is 12.1 Å². The molecule has 1 atom stereocenters. The van der Waals surface area contributed by atoms with E-state index in [4.69, 9.17) is 8.60 Å². The molecule has 2 aromatic carbocycles. The Morgan fingerprint density at radius 3 is 2.71 bits per heavy atom. The topological polar surface area (TPSA) is 70.3 Å². The standard InChI is InChI=1S/C20H15FN2O3S2/c21-16-11-17(20(22-12-16)26-27-13-14-6-2-1-3-7-14)23-28(24)19-10-15-8-4-5-9-18(15)25-19/h1-12,23H,13H2. The van der Waals surface area contributed by atoms with Crippen molar-refractivity contribution in [3.05, 3.63) is 84.3 Å². The molecule has 0 spiro atoms. The average Bonchev–Trinajstić information content (AvgIpc) is 3.15. The number of nitrogens with zero attached hydrogens (tertiary/aromatic N) is 1. The highest BCUT2D eigenvalue weighted by atomic mass is 32.2. The minimum atomic E-state index is -1.74. The van der Waals surface area contributed by atoms with E-state index in [2.05, 4.69) is 9.71 Å². The molecule has 0 aliphatic carbocycles. The van der Waals surface area contributed by atoms with Gasteiger partial charge in [0.15, 0.2) is 0 Å². The fourth-order valence-corrected chi connectivity index (χ4v) is 3.97. The van der Waals surface area contributed by atoms with Gasteiger partial charge in [-0.1, -0.05) is 48.5 Å². The highest BCUT2D eigenvalue weighted by molar-refractivity contribution is 7.94. The fourth-order valence-electron chi connectivity index (χ4n) is 2.49.